The number of urea groups is 1. The molecule has 3 fully saturated rings. The fraction of sp³-hybridized carbons (Fsp3) is 0.452. The summed E-state index contributed by atoms with van der Waals surface area (Å²) in [7, 11) is 0. The number of hydrogen-bond donors (Lipinski definition) is 1. The van der Waals surface area contributed by atoms with Crippen LogP contribution < -0.4 is 5.32 Å². The number of benzene rings is 2. The van der Waals surface area contributed by atoms with Crippen LogP contribution in [0.2, 0.25) is 0 Å². The predicted molar refractivity (Wildman–Crippen MR) is 149 cm³/mol. The van der Waals surface area contributed by atoms with Gasteiger partial charge in [-0.15, -0.1) is 0 Å². The number of amides is 3. The number of anilines is 1. The Hall–Kier alpha value is -3.89. The molecule has 3 heterocycles. The third kappa shape index (κ3) is 4.92. The fourth-order valence-electron chi connectivity index (χ4n) is 6.43. The largest absolute Gasteiger partial charge is 0.400 e. The van der Waals surface area contributed by atoms with Crippen molar-refractivity contribution < 1.29 is 27.2 Å². The van der Waals surface area contributed by atoms with Crippen molar-refractivity contribution >= 4 is 17.6 Å². The van der Waals surface area contributed by atoms with Crippen LogP contribution in [0.3, 0.4) is 0 Å². The van der Waals surface area contributed by atoms with Crippen molar-refractivity contribution in [3.8, 4) is 0 Å². The number of aromatic nitrogens is 2. The van der Waals surface area contributed by atoms with E-state index < -0.39 is 29.9 Å². The SMILES string of the molecule is CC1(c2c(C(=O)N3CCC(c4ccccc4)(C(F)(F)F)C3)cnn2C2CCN(C(=O)Nc3ccccc3F)CC2)CC1. The lowest BCUT2D eigenvalue weighted by Gasteiger charge is -2.34. The molecular formula is C31H33F4N5O2. The van der Waals surface area contributed by atoms with E-state index in [0.29, 0.717) is 31.5 Å². The number of hydrogen-bond acceptors (Lipinski definition) is 3. The van der Waals surface area contributed by atoms with Gasteiger partial charge < -0.3 is 15.1 Å². The zero-order valence-electron chi connectivity index (χ0n) is 23.3. The maximum Gasteiger partial charge on any atom is 0.400 e. The number of halogens is 4. The number of para-hydroxylation sites is 1. The first-order valence-electron chi connectivity index (χ1n) is 14.3. The molecule has 1 aliphatic carbocycles. The Labute approximate surface area is 241 Å². The maximum atomic E-state index is 14.5. The number of nitrogens with one attached hydrogen (secondary N) is 1. The highest BCUT2D eigenvalue weighted by molar-refractivity contribution is 5.96. The van der Waals surface area contributed by atoms with Gasteiger partial charge >= 0.3 is 12.2 Å². The Bertz CT molecular complexity index is 1480. The Kier molecular flexibility index (Phi) is 7.01. The summed E-state index contributed by atoms with van der Waals surface area (Å²) in [6.45, 7) is 2.46. The van der Waals surface area contributed by atoms with Gasteiger partial charge in [-0.3, -0.25) is 9.48 Å². The number of alkyl halides is 3. The first-order chi connectivity index (χ1) is 20.0. The molecule has 7 nitrogen and oxygen atoms in total. The third-order valence-corrected chi connectivity index (χ3v) is 9.24. The first-order valence-corrected chi connectivity index (χ1v) is 14.3. The van der Waals surface area contributed by atoms with Gasteiger partial charge in [-0.1, -0.05) is 49.4 Å². The van der Waals surface area contributed by atoms with E-state index in [1.54, 1.807) is 35.2 Å². The highest BCUT2D eigenvalue weighted by Gasteiger charge is 2.60. The lowest BCUT2D eigenvalue weighted by molar-refractivity contribution is -0.186. The van der Waals surface area contributed by atoms with Crippen molar-refractivity contribution in [1.29, 1.82) is 0 Å². The van der Waals surface area contributed by atoms with E-state index in [1.807, 2.05) is 4.68 Å². The smallest absolute Gasteiger partial charge is 0.337 e. The zero-order valence-corrected chi connectivity index (χ0v) is 23.3. The molecule has 6 rings (SSSR count). The van der Waals surface area contributed by atoms with Crippen molar-refractivity contribution in [3.05, 3.63) is 83.4 Å². The minimum absolute atomic E-state index is 0.00405. The summed E-state index contributed by atoms with van der Waals surface area (Å²) in [6.07, 6.45) is -0.310. The molecular weight excluding hydrogens is 550 g/mol. The molecule has 0 spiro atoms. The topological polar surface area (TPSA) is 70.5 Å². The van der Waals surface area contributed by atoms with Gasteiger partial charge in [0.25, 0.3) is 5.91 Å². The minimum Gasteiger partial charge on any atom is -0.337 e. The predicted octanol–water partition coefficient (Wildman–Crippen LogP) is 6.29. The van der Waals surface area contributed by atoms with Gasteiger partial charge in [0.1, 0.15) is 11.2 Å². The van der Waals surface area contributed by atoms with Crippen LogP contribution in [0.4, 0.5) is 28.0 Å². The molecule has 0 radical (unpaired) electrons. The molecule has 11 heteroatoms. The van der Waals surface area contributed by atoms with Gasteiger partial charge in [0, 0.05) is 31.6 Å². The fourth-order valence-corrected chi connectivity index (χ4v) is 6.43. The quantitative estimate of drug-likeness (QED) is 0.359. The number of carbonyl (C=O) groups excluding carboxylic acids is 2. The Morgan fingerprint density at radius 3 is 2.24 bits per heavy atom. The number of carbonyl (C=O) groups is 2. The van der Waals surface area contributed by atoms with Crippen LogP contribution in [0.5, 0.6) is 0 Å². The van der Waals surface area contributed by atoms with Gasteiger partial charge in [-0.2, -0.15) is 18.3 Å². The van der Waals surface area contributed by atoms with Gasteiger partial charge in [0.05, 0.1) is 29.2 Å². The number of nitrogens with zero attached hydrogens (tertiary/aromatic N) is 4. The van der Waals surface area contributed by atoms with Gasteiger partial charge in [-0.05, 0) is 49.8 Å². The van der Waals surface area contributed by atoms with Crippen LogP contribution in [0.25, 0.3) is 0 Å². The molecule has 3 aromatic rings. The summed E-state index contributed by atoms with van der Waals surface area (Å²) in [5.41, 5.74) is -0.969. The summed E-state index contributed by atoms with van der Waals surface area (Å²) in [5, 5.41) is 7.23. The van der Waals surface area contributed by atoms with Crippen LogP contribution in [0, 0.1) is 5.82 Å². The summed E-state index contributed by atoms with van der Waals surface area (Å²) in [6, 6.07) is 13.4. The standard InChI is InChI=1S/C31H33F4N5O2/c1-29(13-14-29)26-23(27(41)39-18-15-30(20-39,31(33,34)35)21-7-3-2-4-8-21)19-36-40(26)22-11-16-38(17-12-22)28(42)37-25-10-6-5-9-24(25)32/h2-10,19,22H,11-18,20H2,1H3,(H,37,42). The minimum atomic E-state index is -4.51. The average molecular weight is 584 g/mol. The summed E-state index contributed by atoms with van der Waals surface area (Å²) >= 11 is 0. The molecule has 3 amide bonds. The van der Waals surface area contributed by atoms with Crippen LogP contribution >= 0.6 is 0 Å². The van der Waals surface area contributed by atoms with Crippen LogP contribution in [0.1, 0.15) is 66.7 Å². The Balaban J connectivity index is 1.19. The molecule has 42 heavy (non-hydrogen) atoms. The molecule has 2 aromatic carbocycles. The molecule has 3 aliphatic rings. The van der Waals surface area contributed by atoms with Crippen LogP contribution in [-0.2, 0) is 10.8 Å². The number of rotatable bonds is 5. The van der Waals surface area contributed by atoms with Gasteiger partial charge in [-0.25, -0.2) is 9.18 Å². The molecule has 222 valence electrons. The lowest BCUT2D eigenvalue weighted by Crippen LogP contribution is -2.45. The Morgan fingerprint density at radius 2 is 1.60 bits per heavy atom. The van der Waals surface area contributed by atoms with Gasteiger partial charge in [0.2, 0.25) is 0 Å². The van der Waals surface area contributed by atoms with E-state index >= 15 is 0 Å². The zero-order chi connectivity index (χ0) is 29.7. The third-order valence-electron chi connectivity index (χ3n) is 9.24. The maximum absolute atomic E-state index is 14.5. The summed E-state index contributed by atoms with van der Waals surface area (Å²) in [4.78, 5) is 29.6. The monoisotopic (exact) mass is 583 g/mol. The number of piperidine rings is 1. The second-order valence-corrected chi connectivity index (χ2v) is 12.0. The summed E-state index contributed by atoms with van der Waals surface area (Å²) < 4.78 is 59.3. The van der Waals surface area contributed by atoms with Crippen molar-refractivity contribution in [1.82, 2.24) is 19.6 Å². The highest BCUT2D eigenvalue weighted by atomic mass is 19.4. The van der Waals surface area contributed by atoms with Crippen molar-refractivity contribution in [3.63, 3.8) is 0 Å². The van der Waals surface area contributed by atoms with Gasteiger partial charge in [0.15, 0.2) is 0 Å². The molecule has 1 atom stereocenters. The van der Waals surface area contributed by atoms with E-state index in [1.165, 1.54) is 35.4 Å². The molecule has 1 unspecified atom stereocenters. The van der Waals surface area contributed by atoms with E-state index in [4.69, 9.17) is 0 Å². The summed E-state index contributed by atoms with van der Waals surface area (Å²) in [5.74, 6) is -0.931. The second kappa shape index (κ2) is 10.4. The van der Waals surface area contributed by atoms with E-state index in [9.17, 15) is 27.2 Å². The van der Waals surface area contributed by atoms with Crippen molar-refractivity contribution in [2.45, 2.75) is 62.1 Å². The molecule has 0 bridgehead atoms. The van der Waals surface area contributed by atoms with E-state index in [2.05, 4.69) is 17.3 Å². The van der Waals surface area contributed by atoms with Crippen LogP contribution in [0.15, 0.2) is 60.8 Å². The molecule has 1 N–H and O–H groups in total. The number of likely N-dealkylation sites (tertiary alicyclic amines) is 2. The van der Waals surface area contributed by atoms with E-state index in [-0.39, 0.29) is 41.7 Å². The Morgan fingerprint density at radius 1 is 0.929 bits per heavy atom. The molecule has 1 aromatic heterocycles. The molecule has 1 saturated carbocycles. The molecule has 2 aliphatic heterocycles. The van der Waals surface area contributed by atoms with Crippen LogP contribution in [-0.4, -0.2) is 63.9 Å². The van der Waals surface area contributed by atoms with E-state index in [0.717, 1.165) is 18.5 Å². The van der Waals surface area contributed by atoms with Crippen molar-refractivity contribution in [2.24, 2.45) is 0 Å². The van der Waals surface area contributed by atoms with Crippen molar-refractivity contribution in [2.75, 3.05) is 31.5 Å². The lowest BCUT2D eigenvalue weighted by atomic mass is 9.79. The molecule has 2 saturated heterocycles. The second-order valence-electron chi connectivity index (χ2n) is 12.0. The normalized spacial score (nSPS) is 22.3. The average Bonchev–Trinajstić information content (AvgIpc) is 3.37. The highest BCUT2D eigenvalue weighted by Crippen LogP contribution is 2.51. The first kappa shape index (κ1) is 28.2.